The van der Waals surface area contributed by atoms with Crippen molar-refractivity contribution in [1.82, 2.24) is 15.2 Å². The van der Waals surface area contributed by atoms with Crippen LogP contribution in [0.1, 0.15) is 5.69 Å². The van der Waals surface area contributed by atoms with Gasteiger partial charge in [-0.2, -0.15) is 5.10 Å². The monoisotopic (exact) mass is 174 g/mol. The molecule has 0 amide bonds. The maximum absolute atomic E-state index is 11.3. The maximum Gasteiger partial charge on any atom is 0.206 e. The SMILES string of the molecule is Cc1cc(-c2ncccc2[O])[nH]n1. The number of H-pyrrole nitrogens is 1. The van der Waals surface area contributed by atoms with Gasteiger partial charge in [-0.3, -0.25) is 15.2 Å². The number of hydrogen-bond donors (Lipinski definition) is 1. The van der Waals surface area contributed by atoms with Gasteiger partial charge in [-0.1, -0.05) is 0 Å². The fraction of sp³-hybridized carbons (Fsp3) is 0.111. The Hall–Kier alpha value is -1.84. The summed E-state index contributed by atoms with van der Waals surface area (Å²) in [5.74, 6) is -0.0915. The molecule has 2 aromatic heterocycles. The van der Waals surface area contributed by atoms with E-state index in [1.165, 1.54) is 6.07 Å². The first-order valence-electron chi connectivity index (χ1n) is 3.92. The van der Waals surface area contributed by atoms with Gasteiger partial charge in [0.25, 0.3) is 0 Å². The Morgan fingerprint density at radius 3 is 2.92 bits per heavy atom. The summed E-state index contributed by atoms with van der Waals surface area (Å²) in [6, 6.07) is 4.90. The fourth-order valence-corrected chi connectivity index (χ4v) is 1.14. The Balaban J connectivity index is 2.52. The first-order chi connectivity index (χ1) is 6.27. The highest BCUT2D eigenvalue weighted by Crippen LogP contribution is 2.24. The van der Waals surface area contributed by atoms with Crippen LogP contribution in [0.15, 0.2) is 24.4 Å². The molecule has 0 atom stereocenters. The molecule has 0 spiro atoms. The van der Waals surface area contributed by atoms with Gasteiger partial charge in [0, 0.05) is 6.20 Å². The lowest BCUT2D eigenvalue weighted by atomic mass is 10.2. The first-order valence-corrected chi connectivity index (χ1v) is 3.92. The molecule has 4 heteroatoms. The summed E-state index contributed by atoms with van der Waals surface area (Å²) in [5, 5.41) is 18.0. The number of aromatic amines is 1. The highest BCUT2D eigenvalue weighted by atomic mass is 16.3. The van der Waals surface area contributed by atoms with Crippen molar-refractivity contribution in [3.05, 3.63) is 30.1 Å². The molecule has 1 radical (unpaired) electrons. The summed E-state index contributed by atoms with van der Waals surface area (Å²) < 4.78 is 0. The van der Waals surface area contributed by atoms with Crippen molar-refractivity contribution in [3.63, 3.8) is 0 Å². The summed E-state index contributed by atoms with van der Waals surface area (Å²) >= 11 is 0. The van der Waals surface area contributed by atoms with Crippen LogP contribution in [-0.2, 0) is 5.11 Å². The lowest BCUT2D eigenvalue weighted by Gasteiger charge is -1.95. The van der Waals surface area contributed by atoms with Crippen LogP contribution in [0.5, 0.6) is 5.75 Å². The highest BCUT2D eigenvalue weighted by Gasteiger charge is 2.08. The Kier molecular flexibility index (Phi) is 1.73. The minimum absolute atomic E-state index is 0.0915. The van der Waals surface area contributed by atoms with Crippen LogP contribution in [0.4, 0.5) is 0 Å². The molecule has 2 rings (SSSR count). The molecule has 2 heterocycles. The second-order valence-corrected chi connectivity index (χ2v) is 2.77. The lowest BCUT2D eigenvalue weighted by Crippen LogP contribution is -1.82. The zero-order valence-corrected chi connectivity index (χ0v) is 7.11. The zero-order chi connectivity index (χ0) is 9.26. The summed E-state index contributed by atoms with van der Waals surface area (Å²) in [6.45, 7) is 1.85. The average molecular weight is 174 g/mol. The van der Waals surface area contributed by atoms with Gasteiger partial charge in [-0.25, -0.2) is 0 Å². The van der Waals surface area contributed by atoms with Crippen molar-refractivity contribution < 1.29 is 5.11 Å². The van der Waals surface area contributed by atoms with Gasteiger partial charge < -0.3 is 0 Å². The quantitative estimate of drug-likeness (QED) is 0.717. The Morgan fingerprint density at radius 1 is 1.46 bits per heavy atom. The summed E-state index contributed by atoms with van der Waals surface area (Å²) in [6.07, 6.45) is 1.59. The molecule has 0 unspecified atom stereocenters. The van der Waals surface area contributed by atoms with Gasteiger partial charge in [0.15, 0.2) is 0 Å². The van der Waals surface area contributed by atoms with Crippen molar-refractivity contribution in [2.45, 2.75) is 6.92 Å². The second kappa shape index (κ2) is 2.90. The largest absolute Gasteiger partial charge is 0.287 e. The molecule has 1 N–H and O–H groups in total. The molecule has 0 aromatic carbocycles. The standard InChI is InChI=1S/C9H8N3O/c1-6-5-7(12-11-6)9-8(13)3-2-4-10-9/h2-5H,1H3,(H,11,12). The van der Waals surface area contributed by atoms with Crippen molar-refractivity contribution >= 4 is 0 Å². The smallest absolute Gasteiger partial charge is 0.206 e. The van der Waals surface area contributed by atoms with Crippen molar-refractivity contribution in [2.75, 3.05) is 0 Å². The third-order valence-corrected chi connectivity index (χ3v) is 1.73. The van der Waals surface area contributed by atoms with E-state index < -0.39 is 0 Å². The van der Waals surface area contributed by atoms with Gasteiger partial charge in [0.05, 0.1) is 11.4 Å². The molecule has 0 saturated heterocycles. The molecule has 0 fully saturated rings. The molecule has 0 aliphatic heterocycles. The minimum Gasteiger partial charge on any atom is -0.287 e. The van der Waals surface area contributed by atoms with Crippen LogP contribution in [-0.4, -0.2) is 15.2 Å². The van der Waals surface area contributed by atoms with Crippen molar-refractivity contribution in [2.24, 2.45) is 0 Å². The molecule has 0 aliphatic rings. The van der Waals surface area contributed by atoms with E-state index in [1.807, 2.05) is 6.92 Å². The predicted molar refractivity (Wildman–Crippen MR) is 46.7 cm³/mol. The highest BCUT2D eigenvalue weighted by molar-refractivity contribution is 5.61. The molecular weight excluding hydrogens is 166 g/mol. The van der Waals surface area contributed by atoms with Gasteiger partial charge in [0.1, 0.15) is 5.69 Å². The van der Waals surface area contributed by atoms with E-state index in [2.05, 4.69) is 15.2 Å². The van der Waals surface area contributed by atoms with Crippen LogP contribution in [0.2, 0.25) is 0 Å². The first kappa shape index (κ1) is 7.79. The van der Waals surface area contributed by atoms with Crippen molar-refractivity contribution in [1.29, 1.82) is 0 Å². The van der Waals surface area contributed by atoms with E-state index in [1.54, 1.807) is 18.3 Å². The fourth-order valence-electron chi connectivity index (χ4n) is 1.14. The third kappa shape index (κ3) is 1.38. The molecule has 4 nitrogen and oxygen atoms in total. The molecule has 2 aromatic rings. The topological polar surface area (TPSA) is 61.5 Å². The van der Waals surface area contributed by atoms with E-state index >= 15 is 0 Å². The molecule has 0 bridgehead atoms. The van der Waals surface area contributed by atoms with Gasteiger partial charge in [0.2, 0.25) is 5.75 Å². The van der Waals surface area contributed by atoms with Crippen LogP contribution in [0, 0.1) is 6.92 Å². The normalized spacial score (nSPS) is 10.2. The van der Waals surface area contributed by atoms with E-state index in [9.17, 15) is 5.11 Å². The number of rotatable bonds is 1. The van der Waals surface area contributed by atoms with E-state index in [-0.39, 0.29) is 5.75 Å². The Morgan fingerprint density at radius 2 is 2.31 bits per heavy atom. The lowest BCUT2D eigenvalue weighted by molar-refractivity contribution is 0.355. The number of nitrogens with one attached hydrogen (secondary N) is 1. The molecule has 65 valence electrons. The van der Waals surface area contributed by atoms with Crippen LogP contribution in [0.25, 0.3) is 11.4 Å². The number of pyridine rings is 1. The van der Waals surface area contributed by atoms with Crippen LogP contribution in [0.3, 0.4) is 0 Å². The third-order valence-electron chi connectivity index (χ3n) is 1.73. The maximum atomic E-state index is 11.3. The Labute approximate surface area is 75.3 Å². The summed E-state index contributed by atoms with van der Waals surface area (Å²) in [4.78, 5) is 3.98. The molecule has 0 saturated carbocycles. The number of nitrogens with zero attached hydrogens (tertiary/aromatic N) is 2. The Bertz CT molecular complexity index is 422. The van der Waals surface area contributed by atoms with Crippen LogP contribution >= 0.6 is 0 Å². The second-order valence-electron chi connectivity index (χ2n) is 2.77. The number of aromatic nitrogens is 3. The molecule has 13 heavy (non-hydrogen) atoms. The van der Waals surface area contributed by atoms with Crippen LogP contribution < -0.4 is 0 Å². The summed E-state index contributed by atoms with van der Waals surface area (Å²) in [5.41, 5.74) is 1.94. The van der Waals surface area contributed by atoms with Crippen molar-refractivity contribution in [3.8, 4) is 17.1 Å². The number of aryl methyl sites for hydroxylation is 1. The number of hydrogen-bond acceptors (Lipinski definition) is 2. The average Bonchev–Trinajstić information content (AvgIpc) is 2.53. The molecule has 0 aliphatic carbocycles. The zero-order valence-electron chi connectivity index (χ0n) is 7.11. The van der Waals surface area contributed by atoms with E-state index in [0.717, 1.165) is 5.69 Å². The van der Waals surface area contributed by atoms with E-state index in [0.29, 0.717) is 11.4 Å². The summed E-state index contributed by atoms with van der Waals surface area (Å²) in [7, 11) is 0. The predicted octanol–water partition coefficient (Wildman–Crippen LogP) is 1.92. The van der Waals surface area contributed by atoms with Gasteiger partial charge in [-0.05, 0) is 25.1 Å². The van der Waals surface area contributed by atoms with Gasteiger partial charge >= 0.3 is 0 Å². The van der Waals surface area contributed by atoms with E-state index in [4.69, 9.17) is 0 Å². The minimum atomic E-state index is -0.0915. The van der Waals surface area contributed by atoms with Gasteiger partial charge in [-0.15, -0.1) is 0 Å². The molecular formula is C9H8N3O.